The van der Waals surface area contributed by atoms with E-state index in [0.717, 1.165) is 50.0 Å². The van der Waals surface area contributed by atoms with Gasteiger partial charge >= 0.3 is 0 Å². The number of unbranched alkanes of at least 4 members (excludes halogenated alkanes) is 4. The molecule has 0 N–H and O–H groups in total. The number of benzene rings is 2. The Morgan fingerprint density at radius 2 is 1.03 bits per heavy atom. The highest BCUT2D eigenvalue weighted by Gasteiger charge is 2.15. The van der Waals surface area contributed by atoms with E-state index in [2.05, 4.69) is 13.8 Å². The maximum atomic E-state index is 12.0. The van der Waals surface area contributed by atoms with Crippen LogP contribution in [0.3, 0.4) is 0 Å². The van der Waals surface area contributed by atoms with Crippen molar-refractivity contribution in [3.8, 4) is 11.5 Å². The van der Waals surface area contributed by atoms with Gasteiger partial charge in [-0.15, -0.1) is 0 Å². The summed E-state index contributed by atoms with van der Waals surface area (Å²) in [6.45, 7) is 5.64. The molecule has 0 heterocycles. The minimum absolute atomic E-state index is 0.642. The molecule has 2 aromatic rings. The van der Waals surface area contributed by atoms with Gasteiger partial charge < -0.3 is 14.2 Å². The molecule has 0 aromatic heterocycles. The number of hydrogen-bond donors (Lipinski definition) is 0. The van der Waals surface area contributed by atoms with Crippen LogP contribution in [-0.4, -0.2) is 39.5 Å². The van der Waals surface area contributed by atoms with E-state index in [-0.39, 0.29) is 0 Å². The molecular weight excluding hydrogens is 390 g/mol. The van der Waals surface area contributed by atoms with Gasteiger partial charge in [0.1, 0.15) is 11.5 Å². The molecule has 0 amide bonds. The van der Waals surface area contributed by atoms with E-state index in [0.29, 0.717) is 24.1 Å². The average Bonchev–Trinajstić information content (AvgIpc) is 2.76. The lowest BCUT2D eigenvalue weighted by molar-refractivity contribution is 0.184. The predicted molar refractivity (Wildman–Crippen MR) is 126 cm³/mol. The van der Waals surface area contributed by atoms with Crippen molar-refractivity contribution in [2.45, 2.75) is 52.4 Å². The van der Waals surface area contributed by atoms with Gasteiger partial charge in [-0.1, -0.05) is 74.7 Å². The van der Waals surface area contributed by atoms with Crippen LogP contribution in [0.15, 0.2) is 48.5 Å². The molecule has 0 saturated carbocycles. The second-order valence-electron chi connectivity index (χ2n) is 7.28. The van der Waals surface area contributed by atoms with Gasteiger partial charge in [0.05, 0.1) is 13.2 Å². The summed E-state index contributed by atoms with van der Waals surface area (Å²) in [7, 11) is 2.56. The fourth-order valence-corrected chi connectivity index (χ4v) is 2.83. The third-order valence-corrected chi connectivity index (χ3v) is 4.56. The lowest BCUT2D eigenvalue weighted by Gasteiger charge is -2.07. The molecule has 0 aliphatic heterocycles. The molecule has 2 radical (unpaired) electrons. The van der Waals surface area contributed by atoms with Crippen molar-refractivity contribution >= 4 is 37.2 Å². The topological polar surface area (TPSA) is 61.8 Å². The van der Waals surface area contributed by atoms with E-state index in [4.69, 9.17) is 14.2 Å². The number of carbonyl (C=O) groups is 2. The van der Waals surface area contributed by atoms with Gasteiger partial charge in [-0.3, -0.25) is 9.59 Å². The maximum Gasteiger partial charge on any atom is 0.300 e. The van der Waals surface area contributed by atoms with E-state index in [1.165, 1.54) is 14.6 Å². The standard InChI is InChI=1S/C24H30B2O5/c1-3-5-7-17-29-21-13-9-19(10-14-21)25-23(27)31-24(28)26-20-11-15-22(16-12-20)30-18-8-6-4-2/h9-16H,3-8,17-18H2,1-2H3. The largest absolute Gasteiger partial charge is 0.494 e. The SMILES string of the molecule is CCCCCOc1ccc([B]C(=O)OC(=O)[B]c2ccc(OCCCCC)cc2)cc1. The highest BCUT2D eigenvalue weighted by Crippen LogP contribution is 2.10. The van der Waals surface area contributed by atoms with Crippen molar-refractivity contribution in [1.82, 2.24) is 0 Å². The predicted octanol–water partition coefficient (Wildman–Crippen LogP) is 4.44. The molecule has 0 spiro atoms. The van der Waals surface area contributed by atoms with Crippen LogP contribution in [-0.2, 0) is 4.74 Å². The van der Waals surface area contributed by atoms with Crippen molar-refractivity contribution < 1.29 is 23.8 Å². The number of hydrogen-bond acceptors (Lipinski definition) is 5. The first-order valence-electron chi connectivity index (χ1n) is 11.0. The minimum atomic E-state index is -0.714. The van der Waals surface area contributed by atoms with Crippen molar-refractivity contribution in [3.05, 3.63) is 48.5 Å². The molecule has 5 nitrogen and oxygen atoms in total. The highest BCUT2D eigenvalue weighted by molar-refractivity contribution is 6.87. The lowest BCUT2D eigenvalue weighted by atomic mass is 9.68. The summed E-state index contributed by atoms with van der Waals surface area (Å²) in [5.41, 5.74) is 1.28. The van der Waals surface area contributed by atoms with Crippen LogP contribution >= 0.6 is 0 Å². The third kappa shape index (κ3) is 10.3. The first-order chi connectivity index (χ1) is 15.1. The molecule has 0 bridgehead atoms. The smallest absolute Gasteiger partial charge is 0.300 e. The number of ether oxygens (including phenoxy) is 3. The zero-order valence-corrected chi connectivity index (χ0v) is 18.5. The van der Waals surface area contributed by atoms with Gasteiger partial charge in [-0.05, 0) is 37.1 Å². The van der Waals surface area contributed by atoms with E-state index < -0.39 is 11.7 Å². The fraction of sp³-hybridized carbons (Fsp3) is 0.417. The van der Waals surface area contributed by atoms with Crippen molar-refractivity contribution in [3.63, 3.8) is 0 Å². The van der Waals surface area contributed by atoms with Crippen LogP contribution in [0.2, 0.25) is 0 Å². The highest BCUT2D eigenvalue weighted by atomic mass is 16.6. The summed E-state index contributed by atoms with van der Waals surface area (Å²) in [4.78, 5) is 24.0. The third-order valence-electron chi connectivity index (χ3n) is 4.56. The molecule has 2 rings (SSSR count). The zero-order chi connectivity index (χ0) is 22.3. The summed E-state index contributed by atoms with van der Waals surface area (Å²) >= 11 is 0. The Kier molecular flexibility index (Phi) is 11.4. The fourth-order valence-electron chi connectivity index (χ4n) is 2.83. The van der Waals surface area contributed by atoms with Crippen LogP contribution in [0.4, 0.5) is 9.59 Å². The number of carbonyl (C=O) groups excluding carboxylic acids is 2. The quantitative estimate of drug-likeness (QED) is 0.257. The summed E-state index contributed by atoms with van der Waals surface area (Å²) in [6, 6.07) is 14.2. The first kappa shape index (κ1) is 24.6. The Bertz CT molecular complexity index is 723. The number of rotatable bonds is 14. The van der Waals surface area contributed by atoms with E-state index in [1.807, 2.05) is 0 Å². The minimum Gasteiger partial charge on any atom is -0.494 e. The van der Waals surface area contributed by atoms with Crippen molar-refractivity contribution in [2.24, 2.45) is 0 Å². The Labute approximate surface area is 187 Å². The van der Waals surface area contributed by atoms with Gasteiger partial charge in [-0.25, -0.2) is 0 Å². The molecule has 7 heteroatoms. The van der Waals surface area contributed by atoms with Crippen LogP contribution in [0.1, 0.15) is 52.4 Å². The molecule has 0 fully saturated rings. The normalized spacial score (nSPS) is 10.3. The van der Waals surface area contributed by atoms with Crippen LogP contribution < -0.4 is 20.4 Å². The summed E-state index contributed by atoms with van der Waals surface area (Å²) in [6.07, 6.45) is 6.61. The zero-order valence-electron chi connectivity index (χ0n) is 18.5. The molecule has 0 aliphatic carbocycles. The van der Waals surface area contributed by atoms with E-state index >= 15 is 0 Å². The van der Waals surface area contributed by atoms with Gasteiger partial charge in [0.15, 0.2) is 0 Å². The lowest BCUT2D eigenvalue weighted by Crippen LogP contribution is -2.31. The van der Waals surface area contributed by atoms with Crippen LogP contribution in [0, 0.1) is 0 Å². The molecule has 0 atom stereocenters. The molecule has 0 saturated heterocycles. The second kappa shape index (κ2) is 14.3. The van der Waals surface area contributed by atoms with Gasteiger partial charge in [-0.2, -0.15) is 0 Å². The Morgan fingerprint density at radius 1 is 0.645 bits per heavy atom. The second-order valence-corrected chi connectivity index (χ2v) is 7.28. The molecule has 0 aliphatic rings. The average molecular weight is 420 g/mol. The molecule has 31 heavy (non-hydrogen) atoms. The first-order valence-corrected chi connectivity index (χ1v) is 11.0. The summed E-state index contributed by atoms with van der Waals surface area (Å²) in [5.74, 6) is 0.0788. The summed E-state index contributed by atoms with van der Waals surface area (Å²) in [5, 5.41) is 0. The van der Waals surface area contributed by atoms with Crippen molar-refractivity contribution in [1.29, 1.82) is 0 Å². The molecule has 0 unspecified atom stereocenters. The Hall–Kier alpha value is -2.69. The molecule has 2 aromatic carbocycles. The monoisotopic (exact) mass is 420 g/mol. The van der Waals surface area contributed by atoms with Gasteiger partial charge in [0, 0.05) is 0 Å². The van der Waals surface area contributed by atoms with E-state index in [1.54, 1.807) is 48.5 Å². The maximum absolute atomic E-state index is 12.0. The summed E-state index contributed by atoms with van der Waals surface area (Å²) < 4.78 is 16.1. The van der Waals surface area contributed by atoms with Crippen LogP contribution in [0.5, 0.6) is 11.5 Å². The molecular formula is C24H30B2O5. The van der Waals surface area contributed by atoms with Crippen molar-refractivity contribution in [2.75, 3.05) is 13.2 Å². The molecule has 162 valence electrons. The van der Waals surface area contributed by atoms with Gasteiger partial charge in [0.25, 0.3) is 26.3 Å². The Balaban J connectivity index is 1.71. The van der Waals surface area contributed by atoms with Crippen LogP contribution in [0.25, 0.3) is 0 Å². The van der Waals surface area contributed by atoms with Gasteiger partial charge in [0.2, 0.25) is 0 Å². The Morgan fingerprint density at radius 3 is 1.39 bits per heavy atom. The van der Waals surface area contributed by atoms with E-state index in [9.17, 15) is 9.59 Å².